The molecule has 0 spiro atoms. The van der Waals surface area contributed by atoms with Crippen molar-refractivity contribution in [3.05, 3.63) is 64.9 Å². The lowest BCUT2D eigenvalue weighted by Crippen LogP contribution is -3.27. The van der Waals surface area contributed by atoms with Crippen LogP contribution in [-0.2, 0) is 13.1 Å². The van der Waals surface area contributed by atoms with Crippen LogP contribution in [0.4, 0.5) is 0 Å². The Bertz CT molecular complexity index is 565. The summed E-state index contributed by atoms with van der Waals surface area (Å²) in [5, 5.41) is 0.902. The van der Waals surface area contributed by atoms with Gasteiger partial charge in [0.25, 0.3) is 0 Å². The summed E-state index contributed by atoms with van der Waals surface area (Å²) in [6.45, 7) is 7.07. The van der Waals surface area contributed by atoms with Crippen molar-refractivity contribution in [2.24, 2.45) is 0 Å². The van der Waals surface area contributed by atoms with E-state index < -0.39 is 0 Å². The maximum absolute atomic E-state index is 6.26. The first-order chi connectivity index (χ1) is 10.3. The molecule has 0 saturated carbocycles. The van der Waals surface area contributed by atoms with Crippen LogP contribution >= 0.6 is 11.6 Å². The molecule has 0 unspecified atom stereocenters. The minimum atomic E-state index is 0.902. The molecule has 21 heavy (non-hydrogen) atoms. The average molecular weight is 305 g/mol. The molecule has 1 saturated heterocycles. The molecule has 0 bridgehead atoms. The van der Waals surface area contributed by atoms with Crippen LogP contribution in [0.25, 0.3) is 0 Å². The summed E-state index contributed by atoms with van der Waals surface area (Å²) in [6.07, 6.45) is 4.07. The SMILES string of the molecule is Clc1ccccc1C[NH+]1CC[NH+](Cc2ccc[nH+]c2)CC1. The van der Waals surface area contributed by atoms with Crippen LogP contribution in [-0.4, -0.2) is 26.2 Å². The summed E-state index contributed by atoms with van der Waals surface area (Å²) in [7, 11) is 0. The molecule has 110 valence electrons. The van der Waals surface area contributed by atoms with Crippen molar-refractivity contribution < 1.29 is 14.8 Å². The van der Waals surface area contributed by atoms with Gasteiger partial charge in [0.2, 0.25) is 0 Å². The predicted molar refractivity (Wildman–Crippen MR) is 83.3 cm³/mol. The van der Waals surface area contributed by atoms with E-state index in [1.54, 1.807) is 9.80 Å². The van der Waals surface area contributed by atoms with Gasteiger partial charge in [-0.25, -0.2) is 4.98 Å². The van der Waals surface area contributed by atoms with Crippen LogP contribution in [0.2, 0.25) is 5.02 Å². The van der Waals surface area contributed by atoms with Gasteiger partial charge in [-0.15, -0.1) is 0 Å². The van der Waals surface area contributed by atoms with Crippen molar-refractivity contribution in [1.82, 2.24) is 0 Å². The van der Waals surface area contributed by atoms with Gasteiger partial charge >= 0.3 is 0 Å². The second-order valence-corrected chi connectivity index (χ2v) is 6.26. The first-order valence-electron chi connectivity index (χ1n) is 7.67. The van der Waals surface area contributed by atoms with Gasteiger partial charge in [0.05, 0.1) is 5.56 Å². The van der Waals surface area contributed by atoms with E-state index in [4.69, 9.17) is 11.6 Å². The summed E-state index contributed by atoms with van der Waals surface area (Å²) in [6, 6.07) is 12.5. The number of rotatable bonds is 4. The van der Waals surface area contributed by atoms with E-state index in [1.165, 1.54) is 37.3 Å². The average Bonchev–Trinajstić information content (AvgIpc) is 2.52. The van der Waals surface area contributed by atoms with E-state index in [0.717, 1.165) is 18.1 Å². The first kappa shape index (κ1) is 14.5. The van der Waals surface area contributed by atoms with Crippen LogP contribution in [0.1, 0.15) is 11.1 Å². The fourth-order valence-electron chi connectivity index (χ4n) is 3.05. The lowest BCUT2D eigenvalue weighted by Gasteiger charge is -2.29. The van der Waals surface area contributed by atoms with Gasteiger partial charge < -0.3 is 9.80 Å². The molecule has 1 aliphatic heterocycles. The molecule has 0 amide bonds. The van der Waals surface area contributed by atoms with Crippen molar-refractivity contribution in [2.45, 2.75) is 13.1 Å². The highest BCUT2D eigenvalue weighted by atomic mass is 35.5. The third-order valence-corrected chi connectivity index (χ3v) is 4.66. The predicted octanol–water partition coefficient (Wildman–Crippen LogP) is -0.362. The molecule has 0 radical (unpaired) electrons. The Labute approximate surface area is 131 Å². The first-order valence-corrected chi connectivity index (χ1v) is 8.04. The lowest BCUT2D eigenvalue weighted by atomic mass is 10.2. The molecule has 4 heteroatoms. The maximum Gasteiger partial charge on any atom is 0.175 e. The molecule has 1 fully saturated rings. The Balaban J connectivity index is 1.50. The van der Waals surface area contributed by atoms with Crippen molar-refractivity contribution >= 4 is 11.6 Å². The highest BCUT2D eigenvalue weighted by molar-refractivity contribution is 6.31. The number of piperazine rings is 1. The number of aromatic amines is 1. The zero-order chi connectivity index (χ0) is 14.5. The largest absolute Gasteiger partial charge is 0.322 e. The number of nitrogens with one attached hydrogen (secondary N) is 3. The lowest BCUT2D eigenvalue weighted by molar-refractivity contribution is -1.02. The van der Waals surface area contributed by atoms with Gasteiger partial charge in [0.1, 0.15) is 39.3 Å². The summed E-state index contributed by atoms with van der Waals surface area (Å²) in [5.74, 6) is 0. The molecule has 2 heterocycles. The number of benzene rings is 1. The highest BCUT2D eigenvalue weighted by Crippen LogP contribution is 2.13. The molecule has 1 aromatic carbocycles. The van der Waals surface area contributed by atoms with Crippen molar-refractivity contribution in [3.63, 3.8) is 0 Å². The van der Waals surface area contributed by atoms with Crippen molar-refractivity contribution in [2.75, 3.05) is 26.2 Å². The normalized spacial score (nSPS) is 22.1. The zero-order valence-corrected chi connectivity index (χ0v) is 13.0. The number of H-pyrrole nitrogens is 1. The fraction of sp³-hybridized carbons (Fsp3) is 0.353. The Morgan fingerprint density at radius 1 is 0.905 bits per heavy atom. The number of pyridine rings is 1. The number of aromatic nitrogens is 1. The van der Waals surface area contributed by atoms with Gasteiger partial charge in [-0.05, 0) is 12.1 Å². The second kappa shape index (κ2) is 7.03. The van der Waals surface area contributed by atoms with E-state index in [-0.39, 0.29) is 0 Å². The molecule has 1 aliphatic rings. The van der Waals surface area contributed by atoms with Crippen LogP contribution in [0.15, 0.2) is 48.8 Å². The zero-order valence-electron chi connectivity index (χ0n) is 12.2. The number of hydrogen-bond acceptors (Lipinski definition) is 0. The van der Waals surface area contributed by atoms with Crippen molar-refractivity contribution in [3.8, 4) is 0 Å². The van der Waals surface area contributed by atoms with Gasteiger partial charge in [0, 0.05) is 16.7 Å². The van der Waals surface area contributed by atoms with Crippen LogP contribution < -0.4 is 14.8 Å². The quantitative estimate of drug-likeness (QED) is 0.770. The molecular formula is C17H23ClN3+3. The van der Waals surface area contributed by atoms with Crippen LogP contribution in [0.5, 0.6) is 0 Å². The van der Waals surface area contributed by atoms with E-state index in [1.807, 2.05) is 18.3 Å². The minimum Gasteiger partial charge on any atom is -0.322 e. The van der Waals surface area contributed by atoms with Crippen LogP contribution in [0.3, 0.4) is 0 Å². The smallest absolute Gasteiger partial charge is 0.175 e. The van der Waals surface area contributed by atoms with E-state index >= 15 is 0 Å². The summed E-state index contributed by atoms with van der Waals surface area (Å²) in [4.78, 5) is 6.49. The second-order valence-electron chi connectivity index (χ2n) is 5.86. The van der Waals surface area contributed by atoms with E-state index in [0.29, 0.717) is 0 Å². The monoisotopic (exact) mass is 304 g/mol. The van der Waals surface area contributed by atoms with E-state index in [2.05, 4.69) is 35.4 Å². The molecular weight excluding hydrogens is 282 g/mol. The fourth-order valence-corrected chi connectivity index (χ4v) is 3.25. The molecule has 1 aromatic heterocycles. The maximum atomic E-state index is 6.26. The third kappa shape index (κ3) is 4.03. The third-order valence-electron chi connectivity index (χ3n) is 4.29. The van der Waals surface area contributed by atoms with Crippen molar-refractivity contribution in [1.29, 1.82) is 0 Å². The Hall–Kier alpha value is -1.42. The molecule has 0 atom stereocenters. The van der Waals surface area contributed by atoms with Gasteiger partial charge in [-0.2, -0.15) is 0 Å². The van der Waals surface area contributed by atoms with Gasteiger partial charge in [0.15, 0.2) is 12.4 Å². The Morgan fingerprint density at radius 2 is 1.62 bits per heavy atom. The standard InChI is InChI=1S/C17H20ClN3/c18-17-6-2-1-5-16(17)14-21-10-8-20(9-11-21)13-15-4-3-7-19-12-15/h1-7,12H,8-11,13-14H2/p+3. The summed E-state index contributed by atoms with van der Waals surface area (Å²) in [5.41, 5.74) is 2.66. The van der Waals surface area contributed by atoms with Gasteiger partial charge in [-0.3, -0.25) is 0 Å². The van der Waals surface area contributed by atoms with Crippen LogP contribution in [0, 0.1) is 0 Å². The molecule has 3 N–H and O–H groups in total. The molecule has 3 rings (SSSR count). The number of hydrogen-bond donors (Lipinski definition) is 2. The van der Waals surface area contributed by atoms with E-state index in [9.17, 15) is 0 Å². The number of halogens is 1. The minimum absolute atomic E-state index is 0.902. The Kier molecular flexibility index (Phi) is 4.86. The molecule has 3 nitrogen and oxygen atoms in total. The van der Waals surface area contributed by atoms with Gasteiger partial charge in [-0.1, -0.05) is 29.8 Å². The number of quaternary nitrogens is 2. The molecule has 0 aliphatic carbocycles. The topological polar surface area (TPSA) is 23.0 Å². The summed E-state index contributed by atoms with van der Waals surface area (Å²) >= 11 is 6.26. The molecule has 2 aromatic rings. The summed E-state index contributed by atoms with van der Waals surface area (Å²) < 4.78 is 0. The highest BCUT2D eigenvalue weighted by Gasteiger charge is 2.23. The Morgan fingerprint density at radius 3 is 2.29 bits per heavy atom.